The number of allylic oxidation sites excluding steroid dienone is 1. The molecule has 2 heterocycles. The number of ketones is 1. The fraction of sp³-hybridized carbons (Fsp3) is 0.522. The number of nitrogens with zero attached hydrogens (tertiary/aromatic N) is 1. The predicted molar refractivity (Wildman–Crippen MR) is 131 cm³/mol. The summed E-state index contributed by atoms with van der Waals surface area (Å²) in [6.45, 7) is -0.431. The number of carbonyl (C=O) groups excluding carboxylic acids is 3. The number of benzene rings is 1. The van der Waals surface area contributed by atoms with E-state index in [0.29, 0.717) is 4.90 Å². The lowest BCUT2D eigenvalue weighted by Gasteiger charge is -2.34. The maximum atomic E-state index is 15.3. The Labute approximate surface area is 222 Å². The zero-order chi connectivity index (χ0) is 28.3. The number of aliphatic hydroxyl groups excluding tert-OH is 1. The molecule has 2 aliphatic rings. The third-order valence-electron chi connectivity index (χ3n) is 5.56. The van der Waals surface area contributed by atoms with E-state index in [-0.39, 0.29) is 5.75 Å². The van der Waals surface area contributed by atoms with Crippen LogP contribution < -0.4 is 9.61 Å². The van der Waals surface area contributed by atoms with E-state index in [0.717, 1.165) is 12.3 Å². The molecule has 1 aromatic rings. The topological polar surface area (TPSA) is 124 Å². The van der Waals surface area contributed by atoms with Crippen molar-refractivity contribution in [2.24, 2.45) is 0 Å². The lowest BCUT2D eigenvalue weighted by atomic mass is 9.98. The number of aliphatic hydroxyl groups is 1. The van der Waals surface area contributed by atoms with Crippen LogP contribution in [0.2, 0.25) is 0 Å². The molecule has 1 unspecified atom stereocenters. The van der Waals surface area contributed by atoms with Gasteiger partial charge in [0.25, 0.3) is 6.43 Å². The number of nitrogens with one attached hydrogen (secondary N) is 1. The average Bonchev–Trinajstić information content (AvgIpc) is 3.09. The van der Waals surface area contributed by atoms with Gasteiger partial charge in [0.1, 0.15) is 17.9 Å². The van der Waals surface area contributed by atoms with Gasteiger partial charge in [-0.3, -0.25) is 19.3 Å². The Hall–Kier alpha value is -2.35. The van der Waals surface area contributed by atoms with Crippen molar-refractivity contribution in [1.82, 2.24) is 9.99 Å². The molecule has 0 bridgehead atoms. The molecule has 15 heteroatoms. The first-order chi connectivity index (χ1) is 17.8. The highest BCUT2D eigenvalue weighted by molar-refractivity contribution is 8.09. The van der Waals surface area contributed by atoms with Gasteiger partial charge in [0.15, 0.2) is 23.8 Å². The molecule has 210 valence electrons. The third-order valence-corrected chi connectivity index (χ3v) is 8.04. The fourth-order valence-electron chi connectivity index (χ4n) is 3.66. The van der Waals surface area contributed by atoms with Crippen LogP contribution in [0, 0.1) is 0 Å². The number of para-hydroxylation sites is 1. The Kier molecular flexibility index (Phi) is 9.71. The molecule has 10 nitrogen and oxygen atoms in total. The Morgan fingerprint density at radius 1 is 1.29 bits per heavy atom. The first kappa shape index (κ1) is 30.2. The summed E-state index contributed by atoms with van der Waals surface area (Å²) >= 11 is 5.47. The van der Waals surface area contributed by atoms with Gasteiger partial charge >= 0.3 is 12.6 Å². The van der Waals surface area contributed by atoms with Crippen LogP contribution >= 0.6 is 6.64 Å². The molecule has 0 saturated carbocycles. The standard InChI is InChI=1S/C23H28F3N2O8PS/c1-13(2)34-21(32)14(3)27-37(38,36-16-7-5-4-6-8-16)33-12-23(22(25)26)19(24)18(31)20(35-23)28-10-9-15(29)11-17(28)30/h4-10,13-14,18-20,22,31H,11-12H2,1-3H3,(H,27,38)/t14-,18+,19-,20+,23+,37?/m0/s1. The number of halogens is 3. The Bertz CT molecular complexity index is 1110. The lowest BCUT2D eigenvalue weighted by Crippen LogP contribution is -2.51. The SMILES string of the molecule is CC(C)OC(=O)[C@H](C)NP(=S)(OC[C@@]1(C(F)F)O[C@@H](N2C=CC(=O)CC2=O)[C@H](O)[C@@H]1F)Oc1ccccc1. The monoisotopic (exact) mass is 580 g/mol. The number of rotatable bonds is 11. The Morgan fingerprint density at radius 3 is 2.53 bits per heavy atom. The highest BCUT2D eigenvalue weighted by Crippen LogP contribution is 2.49. The summed E-state index contributed by atoms with van der Waals surface area (Å²) in [6.07, 6.45) is -9.47. The maximum absolute atomic E-state index is 15.3. The first-order valence-corrected chi connectivity index (χ1v) is 14.2. The number of hydrogen-bond donors (Lipinski definition) is 2. The number of carbonyl (C=O) groups is 3. The molecule has 2 aliphatic heterocycles. The van der Waals surface area contributed by atoms with Crippen LogP contribution in [0.25, 0.3) is 0 Å². The van der Waals surface area contributed by atoms with Gasteiger partial charge in [-0.2, -0.15) is 0 Å². The third kappa shape index (κ3) is 6.80. The molecule has 0 aromatic heterocycles. The van der Waals surface area contributed by atoms with Crippen molar-refractivity contribution < 1.29 is 51.2 Å². The van der Waals surface area contributed by atoms with Crippen molar-refractivity contribution >= 4 is 36.1 Å². The van der Waals surface area contributed by atoms with Crippen LogP contribution in [-0.4, -0.2) is 76.9 Å². The average molecular weight is 581 g/mol. The molecule has 1 amide bonds. The minimum Gasteiger partial charge on any atom is -0.462 e. The normalized spacial score (nSPS) is 28.0. The number of ether oxygens (including phenoxy) is 2. The van der Waals surface area contributed by atoms with E-state index < -0.39 is 80.0 Å². The zero-order valence-electron chi connectivity index (χ0n) is 20.7. The number of hydrogen-bond acceptors (Lipinski definition) is 9. The van der Waals surface area contributed by atoms with E-state index in [4.69, 9.17) is 30.3 Å². The predicted octanol–water partition coefficient (Wildman–Crippen LogP) is 2.61. The smallest absolute Gasteiger partial charge is 0.323 e. The summed E-state index contributed by atoms with van der Waals surface area (Å²) in [5.41, 5.74) is -3.06. The molecule has 0 spiro atoms. The summed E-state index contributed by atoms with van der Waals surface area (Å²) in [7, 11) is 0. The maximum Gasteiger partial charge on any atom is 0.323 e. The molecular formula is C23H28F3N2O8PS. The minimum absolute atomic E-state index is 0.176. The number of amides is 1. The molecule has 3 rings (SSSR count). The van der Waals surface area contributed by atoms with Crippen molar-refractivity contribution in [1.29, 1.82) is 0 Å². The van der Waals surface area contributed by atoms with Gasteiger partial charge in [-0.15, -0.1) is 0 Å². The van der Waals surface area contributed by atoms with Crippen LogP contribution in [0.5, 0.6) is 5.75 Å². The van der Waals surface area contributed by atoms with Crippen molar-refractivity contribution in [3.8, 4) is 5.75 Å². The van der Waals surface area contributed by atoms with Gasteiger partial charge in [0.05, 0.1) is 19.1 Å². The van der Waals surface area contributed by atoms with Crippen molar-refractivity contribution in [2.75, 3.05) is 6.61 Å². The highest BCUT2D eigenvalue weighted by Gasteiger charge is 2.63. The van der Waals surface area contributed by atoms with E-state index in [1.807, 2.05) is 0 Å². The summed E-state index contributed by atoms with van der Waals surface area (Å²) in [6, 6.07) is 6.81. The van der Waals surface area contributed by atoms with Gasteiger partial charge in [-0.05, 0) is 50.8 Å². The van der Waals surface area contributed by atoms with E-state index in [9.17, 15) is 28.3 Å². The second kappa shape index (κ2) is 12.2. The lowest BCUT2D eigenvalue weighted by molar-refractivity contribution is -0.192. The van der Waals surface area contributed by atoms with Gasteiger partial charge in [-0.25, -0.2) is 18.3 Å². The molecule has 2 N–H and O–H groups in total. The summed E-state index contributed by atoms with van der Waals surface area (Å²) < 4.78 is 65.7. The van der Waals surface area contributed by atoms with Crippen LogP contribution in [-0.2, 0) is 40.2 Å². The van der Waals surface area contributed by atoms with Crippen molar-refractivity contribution in [3.63, 3.8) is 0 Å². The second-order valence-electron chi connectivity index (χ2n) is 8.93. The van der Waals surface area contributed by atoms with E-state index in [2.05, 4.69) is 5.09 Å². The Morgan fingerprint density at radius 2 is 1.95 bits per heavy atom. The van der Waals surface area contributed by atoms with E-state index in [1.54, 1.807) is 32.0 Å². The summed E-state index contributed by atoms with van der Waals surface area (Å²) in [5.74, 6) is -1.96. The Balaban J connectivity index is 1.87. The van der Waals surface area contributed by atoms with Gasteiger partial charge in [0.2, 0.25) is 5.91 Å². The molecule has 38 heavy (non-hydrogen) atoms. The van der Waals surface area contributed by atoms with Crippen LogP contribution in [0.3, 0.4) is 0 Å². The van der Waals surface area contributed by atoms with E-state index in [1.165, 1.54) is 19.1 Å². The van der Waals surface area contributed by atoms with Gasteiger partial charge in [0, 0.05) is 6.20 Å². The zero-order valence-corrected chi connectivity index (χ0v) is 22.4. The molecule has 1 saturated heterocycles. The van der Waals surface area contributed by atoms with Crippen molar-refractivity contribution in [2.45, 2.75) is 69.9 Å². The van der Waals surface area contributed by atoms with Gasteiger partial charge < -0.3 is 23.6 Å². The van der Waals surface area contributed by atoms with Crippen molar-refractivity contribution in [3.05, 3.63) is 42.6 Å². The first-order valence-electron chi connectivity index (χ1n) is 11.6. The van der Waals surface area contributed by atoms with Crippen LogP contribution in [0.1, 0.15) is 27.2 Å². The second-order valence-corrected chi connectivity index (χ2v) is 12.1. The van der Waals surface area contributed by atoms with Crippen LogP contribution in [0.15, 0.2) is 42.6 Å². The largest absolute Gasteiger partial charge is 0.462 e. The molecular weight excluding hydrogens is 552 g/mol. The molecule has 0 aliphatic carbocycles. The van der Waals surface area contributed by atoms with Gasteiger partial charge in [-0.1, -0.05) is 18.2 Å². The molecule has 1 aromatic carbocycles. The highest BCUT2D eigenvalue weighted by atomic mass is 32.5. The fourth-order valence-corrected chi connectivity index (χ4v) is 6.08. The molecule has 0 radical (unpaired) electrons. The molecule has 6 atom stereocenters. The van der Waals surface area contributed by atoms with E-state index >= 15 is 4.39 Å². The minimum atomic E-state index is -3.87. The number of esters is 1. The summed E-state index contributed by atoms with van der Waals surface area (Å²) in [5, 5.41) is 13.1. The van der Waals surface area contributed by atoms with Crippen LogP contribution in [0.4, 0.5) is 13.2 Å². The number of alkyl halides is 3. The quantitative estimate of drug-likeness (QED) is 0.229. The molecule has 1 fully saturated rings. The summed E-state index contributed by atoms with van der Waals surface area (Å²) in [4.78, 5) is 36.7.